The quantitative estimate of drug-likeness (QED) is 0.0891. The zero-order valence-corrected chi connectivity index (χ0v) is 64.0. The van der Waals surface area contributed by atoms with Crippen LogP contribution in [-0.2, 0) is 0 Å². The van der Waals surface area contributed by atoms with Crippen molar-refractivity contribution in [1.82, 2.24) is 39.9 Å². The van der Waals surface area contributed by atoms with Crippen molar-refractivity contribution < 1.29 is 176 Å². The molecule has 17 rings (SSSR count). The predicted molar refractivity (Wildman–Crippen MR) is 398 cm³/mol. The van der Waals surface area contributed by atoms with Crippen molar-refractivity contribution >= 4 is 95.0 Å². The van der Waals surface area contributed by atoms with Crippen molar-refractivity contribution in [3.05, 3.63) is 325 Å². The van der Waals surface area contributed by atoms with E-state index >= 15 is 176 Å². The Morgan fingerprint density at radius 3 is 0.287 bits per heavy atom. The molecule has 0 spiro atoms. The summed E-state index contributed by atoms with van der Waals surface area (Å²) in [5, 5.41) is 0. The van der Waals surface area contributed by atoms with E-state index in [2.05, 4.69) is 29.9 Å². The topological polar surface area (TPSA) is 109 Å². The molecule has 16 bridgehead atoms. The van der Waals surface area contributed by atoms with Crippen molar-refractivity contribution in [3.8, 4) is 89.0 Å². The van der Waals surface area contributed by atoms with E-state index in [0.717, 1.165) is 0 Å². The molecule has 0 fully saturated rings. The van der Waals surface area contributed by atoms with Crippen LogP contribution in [0.25, 0.3) is 184 Å². The average molecular weight is 1950 g/mol. The lowest BCUT2D eigenvalue weighted by atomic mass is 9.99. The van der Waals surface area contributed by atoms with Gasteiger partial charge in [0, 0.05) is 66.6 Å². The number of hydrogen-bond donors (Lipinski definition) is 2. The second-order valence-corrected chi connectivity index (χ2v) is 28.4. The lowest BCUT2D eigenvalue weighted by molar-refractivity contribution is 0.381. The van der Waals surface area contributed by atoms with Crippen LogP contribution in [0.2, 0.25) is 0 Å². The Morgan fingerprint density at radius 1 is 0.103 bits per heavy atom. The largest absolute Gasteiger partial charge is 0.354 e. The first-order chi connectivity index (χ1) is 64.2. The highest BCUT2D eigenvalue weighted by Gasteiger charge is 2.42. The Balaban J connectivity index is 1.15. The Kier molecular flexibility index (Phi) is 22.4. The van der Waals surface area contributed by atoms with Gasteiger partial charge in [-0.1, -0.05) is 0 Å². The number of aromatic amines is 2. The summed E-state index contributed by atoms with van der Waals surface area (Å²) in [6.07, 6.45) is 2.34. The van der Waals surface area contributed by atoms with E-state index in [1.54, 1.807) is 0 Å². The molecule has 8 nitrogen and oxygen atoms in total. The van der Waals surface area contributed by atoms with Gasteiger partial charge in [-0.15, -0.1) is 0 Å². The van der Waals surface area contributed by atoms with Crippen molar-refractivity contribution in [3.63, 3.8) is 0 Å². The van der Waals surface area contributed by atoms with E-state index in [4.69, 9.17) is 0 Å². The first kappa shape index (κ1) is 92.0. The molecular formula is C88H18F40N8. The third-order valence-corrected chi connectivity index (χ3v) is 21.0. The predicted octanol–water partition coefficient (Wildman–Crippen LogP) is 27.6. The number of rotatable bonds is 8. The first-order valence-corrected chi connectivity index (χ1v) is 36.5. The molecule has 6 aliphatic heterocycles. The normalized spacial score (nSPS) is 12.5. The Morgan fingerprint density at radius 2 is 0.184 bits per heavy atom. The summed E-state index contributed by atoms with van der Waals surface area (Å²) in [6, 6.07) is 0.940. The number of hydrogen-bond acceptors (Lipinski definition) is 6. The highest BCUT2D eigenvalue weighted by Crippen LogP contribution is 2.50. The Bertz CT molecular complexity index is 7060. The van der Waals surface area contributed by atoms with E-state index in [1.165, 1.54) is 0 Å². The molecule has 2 N–H and O–H groups in total. The lowest BCUT2D eigenvalue weighted by Crippen LogP contribution is -2.07. The van der Waals surface area contributed by atoms with Gasteiger partial charge in [-0.25, -0.2) is 206 Å². The molecule has 8 aromatic carbocycles. The minimum Gasteiger partial charge on any atom is -0.354 e. The fraction of sp³-hybridized carbons (Fsp3) is 0. The van der Waals surface area contributed by atoms with Crippen LogP contribution in [0.3, 0.4) is 0 Å². The molecular weight excluding hydrogens is 1930 g/mol. The maximum absolute atomic E-state index is 16.8. The van der Waals surface area contributed by atoms with Crippen molar-refractivity contribution in [2.75, 3.05) is 0 Å². The fourth-order valence-electron chi connectivity index (χ4n) is 15.0. The zero-order valence-electron chi connectivity index (χ0n) is 64.0. The minimum absolute atomic E-state index is 0.189. The van der Waals surface area contributed by atoms with E-state index < -0.39 is 412 Å². The number of H-pyrrole nitrogens is 2. The molecule has 6 aliphatic rings. The third-order valence-electron chi connectivity index (χ3n) is 21.0. The van der Waals surface area contributed by atoms with E-state index in [1.807, 2.05) is 9.97 Å². The fourth-order valence-corrected chi connectivity index (χ4v) is 15.0. The summed E-state index contributed by atoms with van der Waals surface area (Å²) >= 11 is 0. The highest BCUT2D eigenvalue weighted by atomic mass is 19.2. The number of aromatic nitrogens is 8. The SMILES string of the molecule is Fc1c(F)c(F)c(-c2c3nc(c(-c4c(F)c(F)c(F)c(F)c4F)c4nc(c(-c5c(F)c(F)c(F)c(F)c5F)c5ccc([nH]5)c(-c5c(F)c(F)c(F)c(F)c5F)c5nc(c(-c6c(F)c(F)c(F)c(F)c6F)c6nc(c(-c7c(F)c(F)c(F)c(F)c7F)c7nc(c(-c8c(F)c(F)c(F)c(F)c8F)c8ccc([nH]8)c(-c8c(F)c(F)c(F)c(F)c8F)c8nc2C=C8)C=C7)C=C6)C=C5)C=C4)C=C3)c(F)c1F. The van der Waals surface area contributed by atoms with E-state index in [9.17, 15) is 0 Å². The maximum atomic E-state index is 16.8. The number of fused-ring (bicyclic) bond motifs is 16. The van der Waals surface area contributed by atoms with Crippen LogP contribution in [0.4, 0.5) is 176 Å². The second kappa shape index (κ2) is 33.1. The van der Waals surface area contributed by atoms with Crippen LogP contribution >= 0.6 is 0 Å². The van der Waals surface area contributed by atoms with Crippen LogP contribution in [0.15, 0.2) is 24.3 Å². The molecule has 3 aromatic heterocycles. The molecule has 0 unspecified atom stereocenters. The monoisotopic (exact) mass is 1950 g/mol. The third kappa shape index (κ3) is 13.7. The standard InChI is InChI=1S/C88H18F40N8/c89-49-41(50(90)66(106)81(121)65(49)105)33-17-1-2-18(129-17)34(42-51(91)67(107)82(122)68(108)52(42)92)20-5-6-22(131-20)36(44-55(95)71(111)84(124)72(112)56(44)96)24-9-10-26(133-24)38(46-59(99)75(115)86(126)76(116)60(46)100)28-13-14-30(135-28)40(48-63(103)79(119)88(128)80(120)64(48)104)32-16-15-31(136-32)39(47-61(101)77(117)87(127)78(118)62(47)102)29-12-11-27(134-29)37(45-57(97)73(113)85(125)74(114)58(45)98)25-8-7-23(132-25)35(21-4-3-19(33)130-21)43-53(93)69(109)83(123)70(110)54(43)94/h1-16,129,136H. The molecule has 0 atom stereocenters. The van der Waals surface area contributed by atoms with Gasteiger partial charge in [-0.3, -0.25) is 0 Å². The summed E-state index contributed by atoms with van der Waals surface area (Å²) in [7, 11) is 0. The van der Waals surface area contributed by atoms with Gasteiger partial charge >= 0.3 is 0 Å². The van der Waals surface area contributed by atoms with Gasteiger partial charge in [0.2, 0.25) is 46.5 Å². The second-order valence-electron chi connectivity index (χ2n) is 28.4. The average Bonchev–Trinajstić information content (AvgIpc) is 1.60. The number of nitrogens with one attached hydrogen (secondary N) is 2. The molecule has 0 saturated carbocycles. The smallest absolute Gasteiger partial charge is 0.200 e. The molecule has 0 amide bonds. The minimum atomic E-state index is -3.08. The molecule has 9 heterocycles. The molecule has 11 aromatic rings. The van der Waals surface area contributed by atoms with Crippen LogP contribution in [0.5, 0.6) is 0 Å². The van der Waals surface area contributed by atoms with Gasteiger partial charge in [-0.05, 0) is 97.2 Å². The summed E-state index contributed by atoms with van der Waals surface area (Å²) in [4.78, 5) is 27.0. The summed E-state index contributed by atoms with van der Waals surface area (Å²) in [6.45, 7) is 0. The molecule has 0 radical (unpaired) electrons. The molecule has 0 saturated heterocycles. The number of nitrogens with zero attached hydrogens (tertiary/aromatic N) is 6. The van der Waals surface area contributed by atoms with Crippen LogP contribution in [0, 0.1) is 233 Å². The molecule has 136 heavy (non-hydrogen) atoms. The van der Waals surface area contributed by atoms with Crippen LogP contribution in [-0.4, -0.2) is 39.9 Å². The van der Waals surface area contributed by atoms with Crippen molar-refractivity contribution in [2.45, 2.75) is 0 Å². The van der Waals surface area contributed by atoms with Gasteiger partial charge in [0.15, 0.2) is 186 Å². The van der Waals surface area contributed by atoms with Gasteiger partial charge in [0.1, 0.15) is 0 Å². The van der Waals surface area contributed by atoms with Gasteiger partial charge < -0.3 is 9.97 Å². The Labute approximate surface area is 722 Å². The van der Waals surface area contributed by atoms with Crippen molar-refractivity contribution in [2.24, 2.45) is 0 Å². The number of benzene rings is 8. The Hall–Kier alpha value is -15.8. The van der Waals surface area contributed by atoms with Gasteiger partial charge in [0.05, 0.1) is 113 Å². The molecule has 48 heteroatoms. The number of halogens is 40. The van der Waals surface area contributed by atoms with Crippen LogP contribution in [0.1, 0.15) is 68.3 Å². The zero-order chi connectivity index (χ0) is 98.5. The van der Waals surface area contributed by atoms with Crippen molar-refractivity contribution in [1.29, 1.82) is 0 Å². The van der Waals surface area contributed by atoms with E-state index in [0.29, 0.717) is 0 Å². The van der Waals surface area contributed by atoms with E-state index in [-0.39, 0.29) is 97.2 Å². The summed E-state index contributed by atoms with van der Waals surface area (Å²) < 4.78 is 644. The highest BCUT2D eigenvalue weighted by molar-refractivity contribution is 6.03. The van der Waals surface area contributed by atoms with Gasteiger partial charge in [0.25, 0.3) is 0 Å². The maximum Gasteiger partial charge on any atom is 0.200 e. The first-order valence-electron chi connectivity index (χ1n) is 36.5. The lowest BCUT2D eigenvalue weighted by Gasteiger charge is -2.12. The summed E-state index contributed by atoms with van der Waals surface area (Å²) in [5.41, 5.74) is -58.6. The van der Waals surface area contributed by atoms with Gasteiger partial charge in [-0.2, -0.15) is 0 Å². The molecule has 690 valence electrons. The molecule has 0 aliphatic carbocycles. The summed E-state index contributed by atoms with van der Waals surface area (Å²) in [5.74, 6) is -121. The van der Waals surface area contributed by atoms with Crippen LogP contribution < -0.4 is 0 Å².